The van der Waals surface area contributed by atoms with Crippen LogP contribution in [-0.4, -0.2) is 13.4 Å². The Labute approximate surface area is 465 Å². The maximum absolute atomic E-state index is 7.01. The summed E-state index contributed by atoms with van der Waals surface area (Å²) >= 11 is 0. The highest BCUT2D eigenvalue weighted by molar-refractivity contribution is 7.03. The number of rotatable bonds is 7. The van der Waals surface area contributed by atoms with E-state index in [1.807, 2.05) is 0 Å². The van der Waals surface area contributed by atoms with Crippen molar-refractivity contribution in [2.45, 2.75) is 0 Å². The number of furan rings is 1. The number of hydrogen-bond acceptors (Lipinski definition) is 6. The molecule has 0 aliphatic carbocycles. The molecule has 0 fully saturated rings. The molecule has 0 N–H and O–H groups in total. The fraction of sp³-hybridized carbons (Fsp3) is 0. The van der Waals surface area contributed by atoms with Crippen LogP contribution in [0.15, 0.2) is 290 Å². The molecule has 12 aromatic carbocycles. The van der Waals surface area contributed by atoms with E-state index >= 15 is 0 Å². The summed E-state index contributed by atoms with van der Waals surface area (Å²) in [7, 11) is 0. The topological polar surface area (TPSA) is 29.3 Å². The summed E-state index contributed by atoms with van der Waals surface area (Å²) in [5, 5.41) is 2.20. The molecule has 4 aliphatic rings. The van der Waals surface area contributed by atoms with Crippen molar-refractivity contribution in [2.75, 3.05) is 24.5 Å². The van der Waals surface area contributed by atoms with E-state index in [-0.39, 0.29) is 13.4 Å². The van der Waals surface area contributed by atoms with Gasteiger partial charge in [0.15, 0.2) is 0 Å². The van der Waals surface area contributed by atoms with Gasteiger partial charge >= 0.3 is 0 Å². The maximum Gasteiger partial charge on any atom is 0.252 e. The fourth-order valence-corrected chi connectivity index (χ4v) is 13.8. The van der Waals surface area contributed by atoms with Gasteiger partial charge in [0.1, 0.15) is 11.2 Å². The van der Waals surface area contributed by atoms with Crippen molar-refractivity contribution >= 4 is 153 Å². The lowest BCUT2D eigenvalue weighted by atomic mass is 9.30. The molecule has 0 radical (unpaired) electrons. The van der Waals surface area contributed by atoms with Gasteiger partial charge in [-0.1, -0.05) is 170 Å². The quantitative estimate of drug-likeness (QED) is 0.148. The smallest absolute Gasteiger partial charge is 0.252 e. The van der Waals surface area contributed by atoms with E-state index in [1.54, 1.807) is 0 Å². The third-order valence-electron chi connectivity index (χ3n) is 16.9. The lowest BCUT2D eigenvalue weighted by molar-refractivity contribution is 0.669. The Kier molecular flexibility index (Phi) is 9.80. The normalized spacial score (nSPS) is 13.3. The Morgan fingerprint density at radius 2 is 0.675 bits per heavy atom. The first-order valence-electron chi connectivity index (χ1n) is 27.6. The van der Waals surface area contributed by atoms with Gasteiger partial charge in [-0.15, -0.1) is 0 Å². The highest BCUT2D eigenvalue weighted by Gasteiger charge is 2.49. The zero-order chi connectivity index (χ0) is 52.4. The number of nitrogens with zero attached hydrogens (tertiary/aromatic N) is 5. The summed E-state index contributed by atoms with van der Waals surface area (Å²) in [6.07, 6.45) is 0. The molecule has 0 bridgehead atoms. The molecular weight excluding hydrogens is 972 g/mol. The number of anilines is 15. The molecule has 1 aromatic heterocycles. The molecule has 0 atom stereocenters. The van der Waals surface area contributed by atoms with Crippen LogP contribution in [0.4, 0.5) is 85.3 Å². The molecule has 80 heavy (non-hydrogen) atoms. The Morgan fingerprint density at radius 1 is 0.275 bits per heavy atom. The summed E-state index contributed by atoms with van der Waals surface area (Å²) in [6, 6.07) is 104. The first-order valence-corrected chi connectivity index (χ1v) is 27.6. The van der Waals surface area contributed by atoms with E-state index in [1.165, 1.54) is 32.8 Å². The van der Waals surface area contributed by atoms with Gasteiger partial charge in [0.25, 0.3) is 13.4 Å². The minimum absolute atomic E-state index is 0.140. The Balaban J connectivity index is 1.02. The van der Waals surface area contributed by atoms with Crippen LogP contribution >= 0.6 is 0 Å². The molecule has 0 saturated carbocycles. The van der Waals surface area contributed by atoms with Crippen molar-refractivity contribution < 1.29 is 4.42 Å². The summed E-state index contributed by atoms with van der Waals surface area (Å²) in [6.45, 7) is -0.286. The zero-order valence-electron chi connectivity index (χ0n) is 43.4. The van der Waals surface area contributed by atoms with Gasteiger partial charge in [0, 0.05) is 85.4 Å². The monoisotopic (exact) mass is 1020 g/mol. The Morgan fingerprint density at radius 3 is 1.20 bits per heavy atom. The van der Waals surface area contributed by atoms with E-state index in [2.05, 4.69) is 310 Å². The second kappa shape index (κ2) is 17.5. The highest BCUT2D eigenvalue weighted by atomic mass is 16.3. The SMILES string of the molecule is c1ccc(N(c2ccccc2)c2cc3c4c(c2)N(c2ccccc2)c2cc5c(cc2B4c2ccccc2N3c2ccccc2)B2c3ccccc3N(c3ccccc3)c3cc4oc6ccccc6c4c(c32)N5c2ccccc2)cc1. The van der Waals surface area contributed by atoms with Crippen LogP contribution in [0.5, 0.6) is 0 Å². The Bertz CT molecular complexity index is 4540. The van der Waals surface area contributed by atoms with Crippen LogP contribution in [0.2, 0.25) is 0 Å². The molecule has 8 heteroatoms. The Hall–Kier alpha value is -10.4. The summed E-state index contributed by atoms with van der Waals surface area (Å²) in [4.78, 5) is 12.5. The van der Waals surface area contributed by atoms with Gasteiger partial charge in [0.05, 0.1) is 16.8 Å². The molecule has 4 aliphatic heterocycles. The van der Waals surface area contributed by atoms with Gasteiger partial charge < -0.3 is 28.9 Å². The number of benzene rings is 12. The first kappa shape index (κ1) is 44.7. The van der Waals surface area contributed by atoms with E-state index in [0.29, 0.717) is 0 Å². The zero-order valence-corrected chi connectivity index (χ0v) is 43.4. The maximum atomic E-state index is 7.01. The van der Waals surface area contributed by atoms with Crippen molar-refractivity contribution in [3.63, 3.8) is 0 Å². The molecule has 0 spiro atoms. The van der Waals surface area contributed by atoms with Crippen LogP contribution in [0.1, 0.15) is 0 Å². The van der Waals surface area contributed by atoms with E-state index in [4.69, 9.17) is 4.42 Å². The van der Waals surface area contributed by atoms with Gasteiger partial charge in [-0.3, -0.25) is 0 Å². The minimum atomic E-state index is -0.146. The van der Waals surface area contributed by atoms with Gasteiger partial charge in [-0.25, -0.2) is 0 Å². The first-order chi connectivity index (χ1) is 39.7. The van der Waals surface area contributed by atoms with E-state index < -0.39 is 0 Å². The van der Waals surface area contributed by atoms with Crippen molar-refractivity contribution in [3.05, 3.63) is 285 Å². The highest BCUT2D eigenvalue weighted by Crippen LogP contribution is 2.53. The summed E-state index contributed by atoms with van der Waals surface area (Å²) in [5.74, 6) is 0. The van der Waals surface area contributed by atoms with E-state index in [0.717, 1.165) is 107 Å². The average molecular weight is 1020 g/mol. The average Bonchev–Trinajstić information content (AvgIpc) is 3.90. The number of hydrogen-bond donors (Lipinski definition) is 0. The third-order valence-corrected chi connectivity index (χ3v) is 16.9. The van der Waals surface area contributed by atoms with Crippen molar-refractivity contribution in [1.82, 2.24) is 0 Å². The minimum Gasteiger partial charge on any atom is -0.456 e. The largest absolute Gasteiger partial charge is 0.456 e. The standard InChI is InChI=1S/C72H47B2N5O/c1-7-25-48(26-8-1)75(49-27-9-2-10-28-49)54-43-64-70-65(44-54)78(52-33-15-5-16-34-52)62-46-63-59(45-58(62)73(70)56-38-20-22-40-60(56)76(64)50-29-11-3-12-30-50)74-57-39-21-23-41-61(57)77(51-31-13-4-14-32-51)66-47-68-69(55-37-19-24-42-67(55)80-68)72(71(66)74)79(63)53-35-17-6-18-36-53/h1-47H. The van der Waals surface area contributed by atoms with Crippen LogP contribution < -0.4 is 57.3 Å². The lowest BCUT2D eigenvalue weighted by Crippen LogP contribution is -2.65. The van der Waals surface area contributed by atoms with Crippen LogP contribution in [0.25, 0.3) is 21.9 Å². The molecule has 0 saturated heterocycles. The van der Waals surface area contributed by atoms with Crippen LogP contribution in [0.3, 0.4) is 0 Å². The number of para-hydroxylation sites is 9. The molecule has 372 valence electrons. The molecule has 0 amide bonds. The second-order valence-electron chi connectivity index (χ2n) is 21.2. The van der Waals surface area contributed by atoms with Gasteiger partial charge in [-0.2, -0.15) is 0 Å². The third kappa shape index (κ3) is 6.50. The van der Waals surface area contributed by atoms with Gasteiger partial charge in [0.2, 0.25) is 0 Å². The molecule has 13 aromatic rings. The van der Waals surface area contributed by atoms with Crippen molar-refractivity contribution in [1.29, 1.82) is 0 Å². The lowest BCUT2D eigenvalue weighted by Gasteiger charge is -2.47. The number of fused-ring (bicyclic) bond motifs is 12. The summed E-state index contributed by atoms with van der Waals surface area (Å²) < 4.78 is 7.01. The second-order valence-corrected chi connectivity index (χ2v) is 21.2. The summed E-state index contributed by atoms with van der Waals surface area (Å²) in [5.41, 5.74) is 25.9. The van der Waals surface area contributed by atoms with Crippen LogP contribution in [0, 0.1) is 0 Å². The van der Waals surface area contributed by atoms with Gasteiger partial charge in [-0.05, 0) is 142 Å². The van der Waals surface area contributed by atoms with E-state index in [9.17, 15) is 0 Å². The van der Waals surface area contributed by atoms with Crippen molar-refractivity contribution in [2.24, 2.45) is 0 Å². The molecule has 6 nitrogen and oxygen atoms in total. The molecular formula is C72H47B2N5O. The predicted octanol–water partition coefficient (Wildman–Crippen LogP) is 15.2. The molecule has 5 heterocycles. The fourth-order valence-electron chi connectivity index (χ4n) is 13.8. The van der Waals surface area contributed by atoms with Crippen LogP contribution in [-0.2, 0) is 0 Å². The molecule has 17 rings (SSSR count). The molecule has 0 unspecified atom stereocenters. The van der Waals surface area contributed by atoms with Crippen molar-refractivity contribution in [3.8, 4) is 0 Å². The predicted molar refractivity (Wildman–Crippen MR) is 336 cm³/mol.